The highest BCUT2D eigenvalue weighted by Gasteiger charge is 2.08. The van der Waals surface area contributed by atoms with E-state index in [1.54, 1.807) is 6.08 Å². The quantitative estimate of drug-likeness (QED) is 0.673. The molecule has 106 valence electrons. The molecule has 0 aromatic heterocycles. The molecule has 0 aliphatic heterocycles. The van der Waals surface area contributed by atoms with Gasteiger partial charge in [-0.1, -0.05) is 38.6 Å². The first-order valence-corrected chi connectivity index (χ1v) is 6.82. The van der Waals surface area contributed by atoms with Crippen molar-refractivity contribution in [1.29, 1.82) is 0 Å². The summed E-state index contributed by atoms with van der Waals surface area (Å²) in [6, 6.07) is 8.15. The van der Waals surface area contributed by atoms with Crippen molar-refractivity contribution in [3.63, 3.8) is 0 Å². The summed E-state index contributed by atoms with van der Waals surface area (Å²) in [5.41, 5.74) is 1.19. The van der Waals surface area contributed by atoms with Crippen molar-refractivity contribution >= 4 is 0 Å². The van der Waals surface area contributed by atoms with Crippen LogP contribution in [0.4, 0.5) is 0 Å². The van der Waals surface area contributed by atoms with E-state index in [-0.39, 0.29) is 12.6 Å². The largest absolute Gasteiger partial charge is 0.490 e. The van der Waals surface area contributed by atoms with Crippen molar-refractivity contribution in [3.05, 3.63) is 42.5 Å². The zero-order valence-corrected chi connectivity index (χ0v) is 11.9. The van der Waals surface area contributed by atoms with Crippen molar-refractivity contribution in [2.75, 3.05) is 13.2 Å². The van der Waals surface area contributed by atoms with Gasteiger partial charge < -0.3 is 15.2 Å². The number of aliphatic hydroxyl groups excluding tert-OH is 1. The van der Waals surface area contributed by atoms with Crippen molar-refractivity contribution < 1.29 is 9.84 Å². The molecular weight excluding hydrogens is 238 g/mol. The molecule has 0 aliphatic carbocycles. The fourth-order valence-electron chi connectivity index (χ4n) is 1.91. The van der Waals surface area contributed by atoms with Crippen molar-refractivity contribution in [2.24, 2.45) is 5.92 Å². The van der Waals surface area contributed by atoms with Crippen LogP contribution in [0.25, 0.3) is 0 Å². The van der Waals surface area contributed by atoms with Gasteiger partial charge in [-0.25, -0.2) is 0 Å². The molecule has 0 aliphatic rings. The van der Waals surface area contributed by atoms with Gasteiger partial charge in [-0.2, -0.15) is 0 Å². The summed E-state index contributed by atoms with van der Waals surface area (Å²) in [5.74, 6) is 1.43. The molecule has 2 N–H and O–H groups in total. The lowest BCUT2D eigenvalue weighted by Gasteiger charge is -2.18. The van der Waals surface area contributed by atoms with Crippen LogP contribution in [0.5, 0.6) is 5.75 Å². The van der Waals surface area contributed by atoms with Crippen LogP contribution in [-0.4, -0.2) is 24.4 Å². The molecule has 0 heterocycles. The third kappa shape index (κ3) is 6.41. The Morgan fingerprint density at radius 3 is 2.53 bits per heavy atom. The highest BCUT2D eigenvalue weighted by Crippen LogP contribution is 2.12. The van der Waals surface area contributed by atoms with E-state index in [0.29, 0.717) is 12.5 Å². The first-order chi connectivity index (χ1) is 9.15. The first-order valence-electron chi connectivity index (χ1n) is 6.82. The average molecular weight is 263 g/mol. The summed E-state index contributed by atoms with van der Waals surface area (Å²) in [5, 5.41) is 12.7. The lowest BCUT2D eigenvalue weighted by Crippen LogP contribution is -2.33. The molecule has 0 fully saturated rings. The van der Waals surface area contributed by atoms with Crippen LogP contribution in [0.1, 0.15) is 25.8 Å². The fourth-order valence-corrected chi connectivity index (χ4v) is 1.91. The molecule has 1 atom stereocenters. The second kappa shape index (κ2) is 8.73. The maximum Gasteiger partial charge on any atom is 0.119 e. The third-order valence-electron chi connectivity index (χ3n) is 2.86. The number of hydrogen-bond acceptors (Lipinski definition) is 3. The molecule has 1 aromatic carbocycles. The van der Waals surface area contributed by atoms with Crippen molar-refractivity contribution in [2.45, 2.75) is 32.9 Å². The average Bonchev–Trinajstić information content (AvgIpc) is 2.42. The van der Waals surface area contributed by atoms with Crippen LogP contribution >= 0.6 is 0 Å². The molecule has 19 heavy (non-hydrogen) atoms. The van der Waals surface area contributed by atoms with Gasteiger partial charge in [-0.05, 0) is 30.0 Å². The topological polar surface area (TPSA) is 41.5 Å². The van der Waals surface area contributed by atoms with E-state index >= 15 is 0 Å². The fraction of sp³-hybridized carbons (Fsp3) is 0.500. The van der Waals surface area contributed by atoms with Crippen LogP contribution in [0.2, 0.25) is 0 Å². The minimum Gasteiger partial charge on any atom is -0.490 e. The van der Waals surface area contributed by atoms with Gasteiger partial charge in [0.2, 0.25) is 0 Å². The van der Waals surface area contributed by atoms with E-state index in [1.165, 1.54) is 5.56 Å². The van der Waals surface area contributed by atoms with Crippen LogP contribution in [-0.2, 0) is 6.54 Å². The van der Waals surface area contributed by atoms with E-state index in [4.69, 9.17) is 4.74 Å². The highest BCUT2D eigenvalue weighted by molar-refractivity contribution is 5.27. The number of hydrogen-bond donors (Lipinski definition) is 2. The smallest absolute Gasteiger partial charge is 0.119 e. The van der Waals surface area contributed by atoms with E-state index in [0.717, 1.165) is 18.7 Å². The monoisotopic (exact) mass is 263 g/mol. The summed E-state index contributed by atoms with van der Waals surface area (Å²) in [6.45, 7) is 9.41. The second-order valence-electron chi connectivity index (χ2n) is 5.13. The molecule has 1 unspecified atom stereocenters. The zero-order valence-electron chi connectivity index (χ0n) is 11.9. The Morgan fingerprint density at radius 2 is 2.00 bits per heavy atom. The Bertz CT molecular complexity index is 360. The molecule has 0 radical (unpaired) electrons. The van der Waals surface area contributed by atoms with Gasteiger partial charge in [0, 0.05) is 12.6 Å². The maximum absolute atomic E-state index is 9.30. The van der Waals surface area contributed by atoms with Crippen molar-refractivity contribution in [1.82, 2.24) is 5.32 Å². The first kappa shape index (κ1) is 15.7. The maximum atomic E-state index is 9.30. The normalized spacial score (nSPS) is 12.4. The van der Waals surface area contributed by atoms with Crippen molar-refractivity contribution in [3.8, 4) is 5.75 Å². The number of ether oxygens (including phenoxy) is 1. The summed E-state index contributed by atoms with van der Waals surface area (Å²) in [7, 11) is 0. The van der Waals surface area contributed by atoms with Crippen LogP contribution in [0, 0.1) is 5.92 Å². The van der Waals surface area contributed by atoms with Gasteiger partial charge in [-0.3, -0.25) is 0 Å². The minimum atomic E-state index is 0.164. The molecule has 3 nitrogen and oxygen atoms in total. The summed E-state index contributed by atoms with van der Waals surface area (Å²) in [6.07, 6.45) is 2.71. The van der Waals surface area contributed by atoms with Gasteiger partial charge in [0.15, 0.2) is 0 Å². The molecule has 0 saturated heterocycles. The molecule has 3 heteroatoms. The molecular formula is C16H25NO2. The van der Waals surface area contributed by atoms with E-state index < -0.39 is 0 Å². The Labute approximate surface area is 116 Å². The van der Waals surface area contributed by atoms with Gasteiger partial charge in [0.05, 0.1) is 6.61 Å². The van der Waals surface area contributed by atoms with Gasteiger partial charge in [0.25, 0.3) is 0 Å². The Kier molecular flexibility index (Phi) is 7.23. The standard InChI is InChI=1S/C16H25NO2/c1-4-9-19-16-7-5-14(6-8-16)11-17-15(12-18)10-13(2)3/h4-8,13,15,17-18H,1,9-12H2,2-3H3. The number of benzene rings is 1. The zero-order chi connectivity index (χ0) is 14.1. The summed E-state index contributed by atoms with van der Waals surface area (Å²) >= 11 is 0. The van der Waals surface area contributed by atoms with Gasteiger partial charge >= 0.3 is 0 Å². The molecule has 0 saturated carbocycles. The molecule has 0 bridgehead atoms. The van der Waals surface area contributed by atoms with E-state index in [1.807, 2.05) is 24.3 Å². The second-order valence-corrected chi connectivity index (χ2v) is 5.13. The molecule has 1 aromatic rings. The van der Waals surface area contributed by atoms with Crippen LogP contribution in [0.3, 0.4) is 0 Å². The summed E-state index contributed by atoms with van der Waals surface area (Å²) in [4.78, 5) is 0. The highest BCUT2D eigenvalue weighted by atomic mass is 16.5. The Morgan fingerprint density at radius 1 is 1.32 bits per heavy atom. The predicted octanol–water partition coefficient (Wildman–Crippen LogP) is 2.75. The van der Waals surface area contributed by atoms with E-state index in [9.17, 15) is 5.11 Å². The van der Waals surface area contributed by atoms with Crippen LogP contribution in [0.15, 0.2) is 36.9 Å². The minimum absolute atomic E-state index is 0.164. The number of nitrogens with one attached hydrogen (secondary N) is 1. The van der Waals surface area contributed by atoms with Crippen LogP contribution < -0.4 is 10.1 Å². The van der Waals surface area contributed by atoms with Gasteiger partial charge in [-0.15, -0.1) is 0 Å². The van der Waals surface area contributed by atoms with Gasteiger partial charge in [0.1, 0.15) is 12.4 Å². The lowest BCUT2D eigenvalue weighted by molar-refractivity contribution is 0.223. The molecule has 1 rings (SSSR count). The molecule has 0 spiro atoms. The number of aliphatic hydroxyl groups is 1. The SMILES string of the molecule is C=CCOc1ccc(CNC(CO)CC(C)C)cc1. The predicted molar refractivity (Wildman–Crippen MR) is 79.3 cm³/mol. The lowest BCUT2D eigenvalue weighted by atomic mass is 10.0. The summed E-state index contributed by atoms with van der Waals surface area (Å²) < 4.78 is 5.43. The Balaban J connectivity index is 2.41. The Hall–Kier alpha value is -1.32. The number of rotatable bonds is 9. The van der Waals surface area contributed by atoms with E-state index in [2.05, 4.69) is 25.7 Å². The third-order valence-corrected chi connectivity index (χ3v) is 2.86. The molecule has 0 amide bonds.